The van der Waals surface area contributed by atoms with Crippen LogP contribution in [0.15, 0.2) is 55.0 Å². The zero-order chi connectivity index (χ0) is 16.9. The number of fused-ring (bicyclic) bond motifs is 1. The fourth-order valence-electron chi connectivity index (χ4n) is 2.64. The van der Waals surface area contributed by atoms with Gasteiger partial charge in [0.05, 0.1) is 11.9 Å². The number of H-pyrrole nitrogens is 1. The van der Waals surface area contributed by atoms with E-state index in [2.05, 4.69) is 20.6 Å². The van der Waals surface area contributed by atoms with E-state index < -0.39 is 6.04 Å². The molecule has 3 N–H and O–H groups in total. The lowest BCUT2D eigenvalue weighted by Gasteiger charge is -2.17. The average Bonchev–Trinajstić information content (AvgIpc) is 2.98. The molecule has 2 heterocycles. The summed E-state index contributed by atoms with van der Waals surface area (Å²) < 4.78 is 0. The van der Waals surface area contributed by atoms with Gasteiger partial charge in [-0.25, -0.2) is 0 Å². The van der Waals surface area contributed by atoms with Gasteiger partial charge in [0, 0.05) is 36.6 Å². The second-order valence-corrected chi connectivity index (χ2v) is 5.55. The lowest BCUT2D eigenvalue weighted by Crippen LogP contribution is -2.44. The fourth-order valence-corrected chi connectivity index (χ4v) is 2.64. The van der Waals surface area contributed by atoms with Gasteiger partial charge in [0.15, 0.2) is 0 Å². The van der Waals surface area contributed by atoms with Gasteiger partial charge in [0.25, 0.3) is 0 Å². The summed E-state index contributed by atoms with van der Waals surface area (Å²) in [4.78, 5) is 31.2. The number of aromatic nitrogens is 2. The zero-order valence-corrected chi connectivity index (χ0v) is 13.2. The number of para-hydroxylation sites is 1. The molecule has 0 saturated heterocycles. The Bertz CT molecular complexity index is 858. The molecule has 0 aliphatic heterocycles. The molecule has 1 unspecified atom stereocenters. The smallest absolute Gasteiger partial charge is 0.247 e. The van der Waals surface area contributed by atoms with Crippen molar-refractivity contribution in [2.24, 2.45) is 0 Å². The standard InChI is InChI=1S/C18H18N4O2/c1-12(23)21-17(18(24)22-14-5-4-8-19-11-14)9-13-10-20-16-7-3-2-6-15(13)16/h2-8,10-11,17,20H,9H2,1H3,(H,21,23)(H,22,24). The Morgan fingerprint density at radius 3 is 2.79 bits per heavy atom. The summed E-state index contributed by atoms with van der Waals surface area (Å²) in [6.07, 6.45) is 5.47. The number of pyridine rings is 1. The van der Waals surface area contributed by atoms with E-state index in [1.165, 1.54) is 6.92 Å². The van der Waals surface area contributed by atoms with E-state index in [-0.39, 0.29) is 11.8 Å². The van der Waals surface area contributed by atoms with E-state index in [0.29, 0.717) is 12.1 Å². The van der Waals surface area contributed by atoms with Crippen LogP contribution in [0.3, 0.4) is 0 Å². The Balaban J connectivity index is 1.81. The lowest BCUT2D eigenvalue weighted by atomic mass is 10.0. The van der Waals surface area contributed by atoms with Crippen molar-refractivity contribution in [1.29, 1.82) is 0 Å². The van der Waals surface area contributed by atoms with Crippen LogP contribution in [0.2, 0.25) is 0 Å². The van der Waals surface area contributed by atoms with E-state index in [4.69, 9.17) is 0 Å². The summed E-state index contributed by atoms with van der Waals surface area (Å²) in [6, 6.07) is 10.7. The molecule has 6 nitrogen and oxygen atoms in total. The van der Waals surface area contributed by atoms with Crippen LogP contribution in [-0.2, 0) is 16.0 Å². The maximum atomic E-state index is 12.5. The molecule has 122 valence electrons. The molecule has 0 aliphatic carbocycles. The number of anilines is 1. The summed E-state index contributed by atoms with van der Waals surface area (Å²) in [7, 11) is 0. The number of aromatic amines is 1. The number of nitrogens with zero attached hydrogens (tertiary/aromatic N) is 1. The maximum absolute atomic E-state index is 12.5. The largest absolute Gasteiger partial charge is 0.361 e. The third-order valence-electron chi connectivity index (χ3n) is 3.72. The van der Waals surface area contributed by atoms with E-state index in [1.807, 2.05) is 30.5 Å². The summed E-state index contributed by atoms with van der Waals surface area (Å²) >= 11 is 0. The van der Waals surface area contributed by atoms with Crippen molar-refractivity contribution >= 4 is 28.4 Å². The molecule has 1 aromatic carbocycles. The van der Waals surface area contributed by atoms with Gasteiger partial charge in [-0.15, -0.1) is 0 Å². The molecule has 2 aromatic heterocycles. The van der Waals surface area contributed by atoms with Crippen LogP contribution >= 0.6 is 0 Å². The van der Waals surface area contributed by atoms with Gasteiger partial charge in [0.1, 0.15) is 6.04 Å². The van der Waals surface area contributed by atoms with E-state index in [0.717, 1.165) is 16.5 Å². The molecule has 0 radical (unpaired) electrons. The first-order valence-electron chi connectivity index (χ1n) is 7.66. The van der Waals surface area contributed by atoms with Gasteiger partial charge in [-0.1, -0.05) is 18.2 Å². The number of benzene rings is 1. The Labute approximate surface area is 139 Å². The van der Waals surface area contributed by atoms with Gasteiger partial charge in [-0.05, 0) is 23.8 Å². The molecule has 3 rings (SSSR count). The summed E-state index contributed by atoms with van der Waals surface area (Å²) in [6.45, 7) is 1.40. The van der Waals surface area contributed by atoms with Crippen LogP contribution in [0.4, 0.5) is 5.69 Å². The van der Waals surface area contributed by atoms with Crippen molar-refractivity contribution in [2.75, 3.05) is 5.32 Å². The Morgan fingerprint density at radius 1 is 1.21 bits per heavy atom. The van der Waals surface area contributed by atoms with Gasteiger partial charge in [0.2, 0.25) is 11.8 Å². The van der Waals surface area contributed by atoms with Crippen LogP contribution in [-0.4, -0.2) is 27.8 Å². The number of hydrogen-bond acceptors (Lipinski definition) is 3. The van der Waals surface area contributed by atoms with Gasteiger partial charge < -0.3 is 15.6 Å². The highest BCUT2D eigenvalue weighted by Crippen LogP contribution is 2.19. The topological polar surface area (TPSA) is 86.9 Å². The average molecular weight is 322 g/mol. The SMILES string of the molecule is CC(=O)NC(Cc1c[nH]c2ccccc12)C(=O)Nc1cccnc1. The van der Waals surface area contributed by atoms with Crippen molar-refractivity contribution in [1.82, 2.24) is 15.3 Å². The molecule has 1 atom stereocenters. The van der Waals surface area contributed by atoms with E-state index in [1.54, 1.807) is 24.5 Å². The zero-order valence-electron chi connectivity index (χ0n) is 13.2. The third kappa shape index (κ3) is 3.60. The molecule has 24 heavy (non-hydrogen) atoms. The number of rotatable bonds is 5. The quantitative estimate of drug-likeness (QED) is 0.673. The van der Waals surface area contributed by atoms with Crippen molar-refractivity contribution in [3.8, 4) is 0 Å². The Kier molecular flexibility index (Phi) is 4.56. The highest BCUT2D eigenvalue weighted by molar-refractivity contribution is 5.97. The predicted octanol–water partition coefficient (Wildman–Crippen LogP) is 2.25. The molecule has 0 saturated carbocycles. The van der Waals surface area contributed by atoms with Gasteiger partial charge in [-0.2, -0.15) is 0 Å². The lowest BCUT2D eigenvalue weighted by molar-refractivity contribution is -0.125. The summed E-state index contributed by atoms with van der Waals surface area (Å²) in [5, 5.41) is 6.54. The van der Waals surface area contributed by atoms with E-state index in [9.17, 15) is 9.59 Å². The van der Waals surface area contributed by atoms with Crippen molar-refractivity contribution < 1.29 is 9.59 Å². The number of carbonyl (C=O) groups is 2. The highest BCUT2D eigenvalue weighted by atomic mass is 16.2. The second kappa shape index (κ2) is 6.95. The van der Waals surface area contributed by atoms with Crippen LogP contribution in [0, 0.1) is 0 Å². The number of amides is 2. The molecule has 6 heteroatoms. The molecule has 0 spiro atoms. The first kappa shape index (κ1) is 15.7. The predicted molar refractivity (Wildman–Crippen MR) is 92.5 cm³/mol. The number of nitrogens with one attached hydrogen (secondary N) is 3. The summed E-state index contributed by atoms with van der Waals surface area (Å²) in [5.41, 5.74) is 2.57. The monoisotopic (exact) mass is 322 g/mol. The van der Waals surface area contributed by atoms with Crippen LogP contribution in [0.1, 0.15) is 12.5 Å². The normalized spacial score (nSPS) is 11.9. The van der Waals surface area contributed by atoms with Crippen LogP contribution < -0.4 is 10.6 Å². The third-order valence-corrected chi connectivity index (χ3v) is 3.72. The minimum atomic E-state index is -0.665. The van der Waals surface area contributed by atoms with Gasteiger partial charge in [-0.3, -0.25) is 14.6 Å². The number of hydrogen-bond donors (Lipinski definition) is 3. The molecular formula is C18H18N4O2. The highest BCUT2D eigenvalue weighted by Gasteiger charge is 2.21. The van der Waals surface area contributed by atoms with Crippen LogP contribution in [0.5, 0.6) is 0 Å². The Hall–Kier alpha value is -3.15. The Morgan fingerprint density at radius 2 is 2.04 bits per heavy atom. The van der Waals surface area contributed by atoms with Gasteiger partial charge >= 0.3 is 0 Å². The van der Waals surface area contributed by atoms with Crippen molar-refractivity contribution in [3.05, 3.63) is 60.6 Å². The van der Waals surface area contributed by atoms with E-state index >= 15 is 0 Å². The molecule has 0 aliphatic rings. The maximum Gasteiger partial charge on any atom is 0.247 e. The second-order valence-electron chi connectivity index (χ2n) is 5.55. The first-order valence-corrected chi connectivity index (χ1v) is 7.66. The molecule has 0 fully saturated rings. The molecular weight excluding hydrogens is 304 g/mol. The molecule has 3 aromatic rings. The van der Waals surface area contributed by atoms with Crippen LogP contribution in [0.25, 0.3) is 10.9 Å². The molecule has 2 amide bonds. The minimum Gasteiger partial charge on any atom is -0.361 e. The van der Waals surface area contributed by atoms with Crippen molar-refractivity contribution in [3.63, 3.8) is 0 Å². The van der Waals surface area contributed by atoms with Crippen molar-refractivity contribution in [2.45, 2.75) is 19.4 Å². The number of carbonyl (C=O) groups excluding carboxylic acids is 2. The first-order chi connectivity index (χ1) is 11.6. The fraction of sp³-hybridized carbons (Fsp3) is 0.167. The minimum absolute atomic E-state index is 0.249. The summed E-state index contributed by atoms with van der Waals surface area (Å²) in [5.74, 6) is -0.523. The molecule has 0 bridgehead atoms.